The second kappa shape index (κ2) is 11.3. The van der Waals surface area contributed by atoms with Gasteiger partial charge in [-0.15, -0.1) is 21.5 Å². The third-order valence-corrected chi connectivity index (χ3v) is 10.3. The second-order valence-electron chi connectivity index (χ2n) is 12.0. The van der Waals surface area contributed by atoms with Crippen LogP contribution in [0.25, 0.3) is 21.9 Å². The van der Waals surface area contributed by atoms with E-state index in [2.05, 4.69) is 15.5 Å². The highest BCUT2D eigenvalue weighted by atomic mass is 32.1. The highest BCUT2D eigenvalue weighted by molar-refractivity contribution is 7.17. The highest BCUT2D eigenvalue weighted by Gasteiger charge is 2.45. The molecule has 0 bridgehead atoms. The number of aliphatic hydroxyl groups is 1. The van der Waals surface area contributed by atoms with Gasteiger partial charge in [0.1, 0.15) is 5.82 Å². The predicted octanol–water partition coefficient (Wildman–Crippen LogP) is 6.29. The number of fused-ring (bicyclic) bond motifs is 4. The van der Waals surface area contributed by atoms with Gasteiger partial charge in [-0.1, -0.05) is 36.4 Å². The van der Waals surface area contributed by atoms with Crippen LogP contribution < -0.4 is 5.32 Å². The summed E-state index contributed by atoms with van der Waals surface area (Å²) < 4.78 is 19.6. The van der Waals surface area contributed by atoms with Crippen molar-refractivity contribution in [2.45, 2.75) is 57.2 Å². The number of aliphatic hydroxyl groups excluding tert-OH is 1. The van der Waals surface area contributed by atoms with Crippen LogP contribution in [0.4, 0.5) is 4.39 Å². The highest BCUT2D eigenvalue weighted by Crippen LogP contribution is 2.49. The molecule has 0 saturated carbocycles. The second-order valence-corrected chi connectivity index (χ2v) is 13.1. The molecule has 3 atom stereocenters. The maximum atomic E-state index is 14.0. The number of hydrogen-bond donors (Lipinski definition) is 2. The molecule has 5 heterocycles. The Hall–Kier alpha value is -4.74. The molecule has 0 radical (unpaired) electrons. The minimum absolute atomic E-state index is 0.0847. The molecule has 1 fully saturated rings. The van der Waals surface area contributed by atoms with Crippen LogP contribution in [-0.2, 0) is 12.8 Å². The lowest BCUT2D eigenvalue weighted by atomic mass is 9.93. The van der Waals surface area contributed by atoms with Gasteiger partial charge in [0.05, 0.1) is 45.6 Å². The molecule has 3 aromatic heterocycles. The van der Waals surface area contributed by atoms with E-state index >= 15 is 0 Å². The molecule has 2 N–H and O–H groups in total. The maximum Gasteiger partial charge on any atom is 0.261 e. The number of amides is 2. The normalized spacial score (nSPS) is 19.8. The van der Waals surface area contributed by atoms with Gasteiger partial charge in [-0.25, -0.2) is 4.39 Å². The number of aromatic nitrogens is 3. The van der Waals surface area contributed by atoms with Crippen LogP contribution in [0.3, 0.4) is 0 Å². The Morgan fingerprint density at radius 2 is 1.85 bits per heavy atom. The van der Waals surface area contributed by atoms with E-state index in [1.165, 1.54) is 23.5 Å². The number of pyridine rings is 1. The molecule has 2 amide bonds. The third kappa shape index (κ3) is 4.81. The summed E-state index contributed by atoms with van der Waals surface area (Å²) in [5.74, 6) is -0.00155. The molecule has 2 aliphatic heterocycles. The van der Waals surface area contributed by atoms with Crippen molar-refractivity contribution < 1.29 is 23.5 Å². The summed E-state index contributed by atoms with van der Waals surface area (Å²) in [7, 11) is 0. The molecule has 9 nitrogen and oxygen atoms in total. The van der Waals surface area contributed by atoms with E-state index in [9.17, 15) is 19.1 Å². The van der Waals surface area contributed by atoms with Gasteiger partial charge in [0.25, 0.3) is 11.8 Å². The number of hydrogen-bond acceptors (Lipinski definition) is 8. The van der Waals surface area contributed by atoms with E-state index < -0.39 is 6.10 Å². The lowest BCUT2D eigenvalue weighted by Gasteiger charge is -2.16. The van der Waals surface area contributed by atoms with Crippen LogP contribution >= 0.6 is 11.3 Å². The van der Waals surface area contributed by atoms with Crippen LogP contribution in [-0.4, -0.2) is 43.5 Å². The number of rotatable bonds is 7. The zero-order chi connectivity index (χ0) is 31.5. The fraction of sp³-hybridized carbons (Fsp3) is 0.286. The first-order valence-corrected chi connectivity index (χ1v) is 16.3. The Balaban J connectivity index is 1.22. The quantitative estimate of drug-likeness (QED) is 0.216. The van der Waals surface area contributed by atoms with Gasteiger partial charge in [-0.3, -0.25) is 14.6 Å². The largest absolute Gasteiger partial charge is 0.421 e. The summed E-state index contributed by atoms with van der Waals surface area (Å²) in [5, 5.41) is 22.1. The molecular weight excluding hydrogens is 605 g/mol. The first-order chi connectivity index (χ1) is 22.4. The molecular formula is C35H30FN5O4S. The van der Waals surface area contributed by atoms with Gasteiger partial charge in [0, 0.05) is 30.3 Å². The van der Waals surface area contributed by atoms with Crippen LogP contribution in [0.1, 0.15) is 91.4 Å². The molecule has 46 heavy (non-hydrogen) atoms. The third-order valence-electron chi connectivity index (χ3n) is 9.22. The van der Waals surface area contributed by atoms with Gasteiger partial charge >= 0.3 is 0 Å². The lowest BCUT2D eigenvalue weighted by molar-refractivity contribution is 0.0775. The number of carbonyl (C=O) groups is 2. The first kappa shape index (κ1) is 28.7. The fourth-order valence-electron chi connectivity index (χ4n) is 7.09. The van der Waals surface area contributed by atoms with Crippen molar-refractivity contribution in [3.8, 4) is 21.9 Å². The topological polar surface area (TPSA) is 121 Å². The zero-order valence-electron chi connectivity index (χ0n) is 25.0. The fourth-order valence-corrected chi connectivity index (χ4v) is 8.06. The minimum Gasteiger partial charge on any atom is -0.421 e. The van der Waals surface area contributed by atoms with Crippen LogP contribution in [0.15, 0.2) is 65.1 Å². The van der Waals surface area contributed by atoms with Crippen LogP contribution in [0.5, 0.6) is 0 Å². The van der Waals surface area contributed by atoms with Gasteiger partial charge in [-0.05, 0) is 66.6 Å². The summed E-state index contributed by atoms with van der Waals surface area (Å²) in [4.78, 5) is 35.8. The zero-order valence-corrected chi connectivity index (χ0v) is 25.8. The van der Waals surface area contributed by atoms with Crippen molar-refractivity contribution in [1.29, 1.82) is 0 Å². The van der Waals surface area contributed by atoms with Crippen molar-refractivity contribution in [3.05, 3.63) is 111 Å². The van der Waals surface area contributed by atoms with Gasteiger partial charge in [0.15, 0.2) is 0 Å². The predicted molar refractivity (Wildman–Crippen MR) is 169 cm³/mol. The number of thiophene rings is 1. The summed E-state index contributed by atoms with van der Waals surface area (Å²) in [6, 6.07) is 17.2. The standard InChI is InChI=1S/C35H30FN5O4S/c1-18-39-40-34(45-18)29-23(13-10-19-8-11-20(36)12-9-19)37-32-25-7-4-16-41(25)35(44)31(32)30(29)27-14-15-28(46-27)33(43)38-24-17-26(42)22-6-3-2-5-21(22)24/h2-3,5-6,8-9,11-12,14-15,24-26,42H,4,7,10,13,16-17H2,1H3,(H,38,43)/t24-,25+,26-/m0/s1. The average Bonchev–Trinajstić information content (AvgIpc) is 3.89. The van der Waals surface area contributed by atoms with E-state index in [1.807, 2.05) is 35.2 Å². The number of nitrogens with one attached hydrogen (secondary N) is 1. The average molecular weight is 636 g/mol. The Morgan fingerprint density at radius 1 is 1.04 bits per heavy atom. The van der Waals surface area contributed by atoms with E-state index in [4.69, 9.17) is 9.40 Å². The smallest absolute Gasteiger partial charge is 0.261 e. The van der Waals surface area contributed by atoms with Gasteiger partial charge < -0.3 is 19.7 Å². The molecule has 1 saturated heterocycles. The van der Waals surface area contributed by atoms with E-state index in [0.29, 0.717) is 59.0 Å². The van der Waals surface area contributed by atoms with Gasteiger partial charge in [-0.2, -0.15) is 0 Å². The monoisotopic (exact) mass is 635 g/mol. The summed E-state index contributed by atoms with van der Waals surface area (Å²) in [6.45, 7) is 2.37. The van der Waals surface area contributed by atoms with Crippen molar-refractivity contribution in [1.82, 2.24) is 25.4 Å². The number of halogens is 1. The minimum atomic E-state index is -0.631. The molecule has 3 aliphatic rings. The number of aryl methyl sites for hydroxylation is 3. The Morgan fingerprint density at radius 3 is 2.63 bits per heavy atom. The Bertz CT molecular complexity index is 2000. The molecule has 5 aromatic rings. The molecule has 0 spiro atoms. The maximum absolute atomic E-state index is 14.0. The molecule has 1 aliphatic carbocycles. The number of benzene rings is 2. The molecule has 8 rings (SSSR count). The Kier molecular flexibility index (Phi) is 7.02. The first-order valence-electron chi connectivity index (χ1n) is 15.5. The van der Waals surface area contributed by atoms with Crippen molar-refractivity contribution >= 4 is 23.2 Å². The summed E-state index contributed by atoms with van der Waals surface area (Å²) >= 11 is 1.29. The molecule has 2 aromatic carbocycles. The van der Waals surface area contributed by atoms with Crippen molar-refractivity contribution in [2.24, 2.45) is 0 Å². The summed E-state index contributed by atoms with van der Waals surface area (Å²) in [5.41, 5.74) is 5.89. The molecule has 11 heteroatoms. The van der Waals surface area contributed by atoms with E-state index in [-0.39, 0.29) is 35.6 Å². The van der Waals surface area contributed by atoms with Crippen LogP contribution in [0.2, 0.25) is 0 Å². The number of nitrogens with zero attached hydrogens (tertiary/aromatic N) is 4. The SMILES string of the molecule is Cc1nnc(-c2c(CCc3ccc(F)cc3)nc3c(c2-c2ccc(C(=O)N[C@H]4C[C@H](O)c5ccccc54)s2)C(=O)N2CCC[C@H]32)o1. The molecule has 232 valence electrons. The lowest BCUT2D eigenvalue weighted by Crippen LogP contribution is -2.26. The van der Waals surface area contributed by atoms with E-state index in [1.54, 1.807) is 25.1 Å². The van der Waals surface area contributed by atoms with Gasteiger partial charge in [0.2, 0.25) is 11.8 Å². The van der Waals surface area contributed by atoms with Crippen molar-refractivity contribution in [3.63, 3.8) is 0 Å². The summed E-state index contributed by atoms with van der Waals surface area (Å²) in [6.07, 6.45) is 2.59. The molecule has 0 unspecified atom stereocenters. The van der Waals surface area contributed by atoms with Crippen LogP contribution in [0, 0.1) is 12.7 Å². The van der Waals surface area contributed by atoms with Crippen molar-refractivity contribution in [2.75, 3.05) is 6.54 Å². The number of carbonyl (C=O) groups excluding carboxylic acids is 2. The Labute approximate surface area is 268 Å². The van der Waals surface area contributed by atoms with E-state index in [0.717, 1.165) is 40.1 Å².